The Morgan fingerprint density at radius 2 is 0.857 bits per heavy atom. The molecule has 302 valence electrons. The Labute approximate surface area is 329 Å². The van der Waals surface area contributed by atoms with Gasteiger partial charge in [0.05, 0.1) is 13.2 Å². The summed E-state index contributed by atoms with van der Waals surface area (Å²) in [6, 6.07) is 14.7. The van der Waals surface area contributed by atoms with Crippen LogP contribution in [0.1, 0.15) is 134 Å². The maximum atomic E-state index is 15.1. The molecule has 2 aliphatic rings. The highest BCUT2D eigenvalue weighted by Gasteiger charge is 2.27. The third-order valence-corrected chi connectivity index (χ3v) is 12.3. The predicted molar refractivity (Wildman–Crippen MR) is 212 cm³/mol. The topological polar surface area (TPSA) is 18.5 Å². The van der Waals surface area contributed by atoms with Gasteiger partial charge in [-0.2, -0.15) is 0 Å². The number of halogens is 6. The van der Waals surface area contributed by atoms with Crippen LogP contribution in [-0.4, -0.2) is 13.2 Å². The molecular weight excluding hydrogens is 723 g/mol. The fourth-order valence-electron chi connectivity index (χ4n) is 8.64. The van der Waals surface area contributed by atoms with Gasteiger partial charge in [-0.3, -0.25) is 0 Å². The number of ether oxygens (including phenoxy) is 2. The Balaban J connectivity index is 0.874. The molecule has 0 bridgehead atoms. The first kappa shape index (κ1) is 41.7. The first-order chi connectivity index (χ1) is 27.0. The highest BCUT2D eigenvalue weighted by atomic mass is 19.2. The molecule has 0 aromatic heterocycles. The molecule has 6 rings (SSSR count). The normalized spacial score (nSPS) is 20.5. The Bertz CT molecular complexity index is 1770. The monoisotopic (exact) mass is 778 g/mol. The van der Waals surface area contributed by atoms with Crippen LogP contribution in [0.2, 0.25) is 0 Å². The molecule has 0 unspecified atom stereocenters. The zero-order valence-electron chi connectivity index (χ0n) is 33.1. The lowest BCUT2D eigenvalue weighted by Crippen LogP contribution is -2.13. The minimum absolute atomic E-state index is 0.00270. The standard InChI is InChI=1S/C48H56F6O2/c1-30(8-4-6-26-55-35-18-20-39(43(49)28-35)41-24-22-37(45(51)47(41)53)33-14-10-31(2)11-15-33)9-5-7-27-56-36-19-21-40(44(50)29-36)42-25-23-38(46(52)48(42)54)34-16-12-32(3)13-17-34/h18-25,28-34H,4-17,26-27H2,1-3H3. The lowest BCUT2D eigenvalue weighted by Gasteiger charge is -2.27. The number of hydrogen-bond acceptors (Lipinski definition) is 2. The zero-order valence-corrected chi connectivity index (χ0v) is 33.1. The summed E-state index contributed by atoms with van der Waals surface area (Å²) in [5.74, 6) is -2.69. The van der Waals surface area contributed by atoms with Crippen LogP contribution in [0, 0.1) is 52.7 Å². The molecule has 0 spiro atoms. The molecule has 4 aromatic rings. The SMILES string of the molecule is CC(CCCCOc1ccc(-c2ccc(C3CCC(C)CC3)c(F)c2F)c(F)c1)CCCCOc1ccc(-c2ccc(C3CCC(C)CC3)c(F)c2F)c(F)c1. The van der Waals surface area contributed by atoms with Crippen molar-refractivity contribution in [3.63, 3.8) is 0 Å². The molecule has 0 aliphatic heterocycles. The summed E-state index contributed by atoms with van der Waals surface area (Å²) in [6.45, 7) is 7.38. The van der Waals surface area contributed by atoms with Crippen molar-refractivity contribution in [3.05, 3.63) is 107 Å². The molecule has 8 heteroatoms. The van der Waals surface area contributed by atoms with Gasteiger partial charge in [-0.05, 0) is 116 Å². The Morgan fingerprint density at radius 1 is 0.482 bits per heavy atom. The molecule has 2 aliphatic carbocycles. The van der Waals surface area contributed by atoms with E-state index >= 15 is 26.3 Å². The van der Waals surface area contributed by atoms with Crippen LogP contribution in [-0.2, 0) is 0 Å². The van der Waals surface area contributed by atoms with Gasteiger partial charge in [-0.25, -0.2) is 26.3 Å². The van der Waals surface area contributed by atoms with Gasteiger partial charge in [0.2, 0.25) is 0 Å². The molecule has 2 fully saturated rings. The quantitative estimate of drug-likeness (QED) is 0.0833. The van der Waals surface area contributed by atoms with E-state index in [2.05, 4.69) is 20.8 Å². The maximum absolute atomic E-state index is 15.1. The molecule has 2 nitrogen and oxygen atoms in total. The van der Waals surface area contributed by atoms with E-state index in [1.165, 1.54) is 36.4 Å². The maximum Gasteiger partial charge on any atom is 0.167 e. The minimum atomic E-state index is -1.00. The van der Waals surface area contributed by atoms with Crippen molar-refractivity contribution in [1.29, 1.82) is 0 Å². The molecule has 0 N–H and O–H groups in total. The summed E-state index contributed by atoms with van der Waals surface area (Å²) >= 11 is 0. The van der Waals surface area contributed by atoms with E-state index in [4.69, 9.17) is 9.47 Å². The van der Waals surface area contributed by atoms with E-state index in [1.807, 2.05) is 0 Å². The van der Waals surface area contributed by atoms with E-state index in [0.717, 1.165) is 89.9 Å². The molecular formula is C48H56F6O2. The molecule has 56 heavy (non-hydrogen) atoms. The third kappa shape index (κ3) is 10.3. The van der Waals surface area contributed by atoms with Crippen LogP contribution in [0.25, 0.3) is 22.3 Å². The predicted octanol–water partition coefficient (Wildman–Crippen LogP) is 14.9. The summed E-state index contributed by atoms with van der Waals surface area (Å²) < 4.78 is 102. The van der Waals surface area contributed by atoms with Crippen LogP contribution in [0.15, 0.2) is 60.7 Å². The van der Waals surface area contributed by atoms with Crippen molar-refractivity contribution in [1.82, 2.24) is 0 Å². The van der Waals surface area contributed by atoms with Crippen molar-refractivity contribution in [3.8, 4) is 33.8 Å². The van der Waals surface area contributed by atoms with Crippen molar-refractivity contribution >= 4 is 0 Å². The van der Waals surface area contributed by atoms with Gasteiger partial charge in [-0.1, -0.05) is 83.6 Å². The molecule has 0 saturated heterocycles. The number of benzene rings is 4. The molecule has 0 radical (unpaired) electrons. The smallest absolute Gasteiger partial charge is 0.167 e. The highest BCUT2D eigenvalue weighted by Crippen LogP contribution is 2.41. The molecule has 0 amide bonds. The van der Waals surface area contributed by atoms with Crippen molar-refractivity contribution < 1.29 is 35.8 Å². The van der Waals surface area contributed by atoms with E-state index in [0.29, 0.717) is 53.6 Å². The largest absolute Gasteiger partial charge is 0.493 e. The van der Waals surface area contributed by atoms with E-state index in [1.54, 1.807) is 24.3 Å². The van der Waals surface area contributed by atoms with Crippen LogP contribution in [0.5, 0.6) is 11.5 Å². The number of unbranched alkanes of at least 4 members (excludes halogenated alkanes) is 2. The average molecular weight is 779 g/mol. The second-order valence-corrected chi connectivity index (χ2v) is 16.7. The van der Waals surface area contributed by atoms with Crippen LogP contribution < -0.4 is 9.47 Å². The van der Waals surface area contributed by atoms with Gasteiger partial charge >= 0.3 is 0 Å². The minimum Gasteiger partial charge on any atom is -0.493 e. The lowest BCUT2D eigenvalue weighted by atomic mass is 9.79. The van der Waals surface area contributed by atoms with Gasteiger partial charge in [0.15, 0.2) is 23.3 Å². The van der Waals surface area contributed by atoms with E-state index in [-0.39, 0.29) is 34.1 Å². The van der Waals surface area contributed by atoms with Crippen molar-refractivity contribution in [2.75, 3.05) is 13.2 Å². The Kier molecular flexibility index (Phi) is 14.5. The van der Waals surface area contributed by atoms with Gasteiger partial charge in [-0.15, -0.1) is 0 Å². The summed E-state index contributed by atoms with van der Waals surface area (Å²) in [7, 11) is 0. The second-order valence-electron chi connectivity index (χ2n) is 16.7. The lowest BCUT2D eigenvalue weighted by molar-refractivity contribution is 0.289. The fourth-order valence-corrected chi connectivity index (χ4v) is 8.64. The van der Waals surface area contributed by atoms with E-state index in [9.17, 15) is 0 Å². The fraction of sp³-hybridized carbons (Fsp3) is 0.500. The molecule has 4 aromatic carbocycles. The summed E-state index contributed by atoms with van der Waals surface area (Å²) in [5.41, 5.74) is 0.632. The number of hydrogen-bond donors (Lipinski definition) is 0. The van der Waals surface area contributed by atoms with Crippen LogP contribution in [0.3, 0.4) is 0 Å². The molecule has 2 saturated carbocycles. The highest BCUT2D eigenvalue weighted by molar-refractivity contribution is 5.67. The van der Waals surface area contributed by atoms with Crippen molar-refractivity contribution in [2.24, 2.45) is 17.8 Å². The molecule has 0 heterocycles. The van der Waals surface area contributed by atoms with Gasteiger partial charge in [0, 0.05) is 34.4 Å². The first-order valence-electron chi connectivity index (χ1n) is 20.8. The second kappa shape index (κ2) is 19.5. The zero-order chi connectivity index (χ0) is 39.8. The average Bonchev–Trinajstić information content (AvgIpc) is 3.18. The van der Waals surface area contributed by atoms with E-state index < -0.39 is 34.9 Å². The van der Waals surface area contributed by atoms with Crippen LogP contribution >= 0.6 is 0 Å². The van der Waals surface area contributed by atoms with Gasteiger partial charge in [0.25, 0.3) is 0 Å². The third-order valence-electron chi connectivity index (χ3n) is 12.3. The van der Waals surface area contributed by atoms with Crippen LogP contribution in [0.4, 0.5) is 26.3 Å². The Morgan fingerprint density at radius 3 is 1.23 bits per heavy atom. The first-order valence-corrected chi connectivity index (χ1v) is 20.8. The number of rotatable bonds is 16. The summed E-state index contributed by atoms with van der Waals surface area (Å²) in [5, 5.41) is 0. The van der Waals surface area contributed by atoms with Gasteiger partial charge in [0.1, 0.15) is 23.1 Å². The van der Waals surface area contributed by atoms with Gasteiger partial charge < -0.3 is 9.47 Å². The summed E-state index contributed by atoms with van der Waals surface area (Å²) in [4.78, 5) is 0. The molecule has 0 atom stereocenters. The van der Waals surface area contributed by atoms with Crippen molar-refractivity contribution in [2.45, 2.75) is 122 Å². The summed E-state index contributed by atoms with van der Waals surface area (Å²) in [6.07, 6.45) is 12.8. The Hall–Kier alpha value is -3.94.